The van der Waals surface area contributed by atoms with Crippen molar-refractivity contribution < 1.29 is 18.8 Å². The molecule has 1 fully saturated rings. The van der Waals surface area contributed by atoms with E-state index < -0.39 is 11.9 Å². The van der Waals surface area contributed by atoms with E-state index >= 15 is 4.39 Å². The van der Waals surface area contributed by atoms with Crippen molar-refractivity contribution in [2.24, 2.45) is 16.2 Å². The Labute approximate surface area is 196 Å². The zero-order chi connectivity index (χ0) is 23.7. The van der Waals surface area contributed by atoms with E-state index in [-0.39, 0.29) is 12.0 Å². The number of halogens is 1. The standard InChI is InChI=1S/C24H25FN6O3/c1-16-7-8-30(27-12-16)14-19-15-31(24(32)34-19)18-4-5-20(21(25)11-18)17-3-6-22(26-13-17)23-28-33-10-9-29(23)2/h3-8,11-13,16,19H,9-10,14-15H2,1-2H3/t16-,19?/m0/s1. The Bertz CT molecular complexity index is 1150. The van der Waals surface area contributed by atoms with Gasteiger partial charge in [0.2, 0.25) is 0 Å². The third-order valence-corrected chi connectivity index (χ3v) is 5.88. The average Bonchev–Trinajstić information content (AvgIpc) is 3.21. The van der Waals surface area contributed by atoms with Crippen LogP contribution in [0.25, 0.3) is 11.1 Å². The van der Waals surface area contributed by atoms with Gasteiger partial charge in [0.25, 0.3) is 0 Å². The number of rotatable bonds is 5. The average molecular weight is 465 g/mol. The van der Waals surface area contributed by atoms with Crippen molar-refractivity contribution in [2.45, 2.75) is 13.0 Å². The fourth-order valence-corrected chi connectivity index (χ4v) is 3.95. The van der Waals surface area contributed by atoms with Gasteiger partial charge in [-0.15, -0.1) is 0 Å². The molecule has 0 aliphatic carbocycles. The van der Waals surface area contributed by atoms with Crippen LogP contribution in [0, 0.1) is 11.7 Å². The molecule has 0 bridgehead atoms. The van der Waals surface area contributed by atoms with Crippen LogP contribution in [-0.2, 0) is 9.57 Å². The molecular weight excluding hydrogens is 439 g/mol. The van der Waals surface area contributed by atoms with Crippen LogP contribution in [-0.4, -0.2) is 72.4 Å². The molecule has 10 heteroatoms. The first-order chi connectivity index (χ1) is 16.5. The number of aromatic nitrogens is 1. The summed E-state index contributed by atoms with van der Waals surface area (Å²) in [6.45, 7) is 4.05. The third-order valence-electron chi connectivity index (χ3n) is 5.88. The summed E-state index contributed by atoms with van der Waals surface area (Å²) in [6, 6.07) is 8.28. The molecular formula is C24H25FN6O3. The van der Waals surface area contributed by atoms with Crippen molar-refractivity contribution in [2.75, 3.05) is 38.2 Å². The second-order valence-electron chi connectivity index (χ2n) is 8.47. The van der Waals surface area contributed by atoms with Crippen molar-refractivity contribution in [1.29, 1.82) is 0 Å². The van der Waals surface area contributed by atoms with Crippen LogP contribution in [0.4, 0.5) is 14.9 Å². The predicted octanol–water partition coefficient (Wildman–Crippen LogP) is 3.29. The molecule has 0 N–H and O–H groups in total. The van der Waals surface area contributed by atoms with Crippen molar-refractivity contribution >= 4 is 23.8 Å². The van der Waals surface area contributed by atoms with Gasteiger partial charge in [0.1, 0.15) is 24.2 Å². The number of carbonyl (C=O) groups is 1. The van der Waals surface area contributed by atoms with E-state index in [0.717, 1.165) is 6.54 Å². The highest BCUT2D eigenvalue weighted by Crippen LogP contribution is 2.29. The van der Waals surface area contributed by atoms with E-state index in [1.807, 2.05) is 37.4 Å². The summed E-state index contributed by atoms with van der Waals surface area (Å²) in [7, 11) is 1.92. The van der Waals surface area contributed by atoms with Crippen LogP contribution >= 0.6 is 0 Å². The van der Waals surface area contributed by atoms with E-state index in [1.54, 1.807) is 35.5 Å². The summed E-state index contributed by atoms with van der Waals surface area (Å²) in [5, 5.41) is 10.1. The van der Waals surface area contributed by atoms with Crippen LogP contribution in [0.1, 0.15) is 12.6 Å². The second kappa shape index (κ2) is 9.12. The van der Waals surface area contributed by atoms with Gasteiger partial charge in [0, 0.05) is 42.7 Å². The van der Waals surface area contributed by atoms with Crippen molar-refractivity contribution in [3.05, 3.63) is 60.3 Å². The number of cyclic esters (lactones) is 1. The smallest absolute Gasteiger partial charge is 0.414 e. The first-order valence-corrected chi connectivity index (χ1v) is 11.1. The number of hydrogen-bond acceptors (Lipinski definition) is 8. The molecule has 0 radical (unpaired) electrons. The number of ether oxygens (including phenoxy) is 1. The Morgan fingerprint density at radius 2 is 2.12 bits per heavy atom. The molecule has 34 heavy (non-hydrogen) atoms. The third kappa shape index (κ3) is 4.43. The highest BCUT2D eigenvalue weighted by atomic mass is 19.1. The van der Waals surface area contributed by atoms with E-state index in [1.165, 1.54) is 11.0 Å². The zero-order valence-electron chi connectivity index (χ0n) is 19.0. The maximum Gasteiger partial charge on any atom is 0.414 e. The number of hydrogen-bond donors (Lipinski definition) is 0. The molecule has 176 valence electrons. The highest BCUT2D eigenvalue weighted by molar-refractivity contribution is 5.97. The van der Waals surface area contributed by atoms with Gasteiger partial charge in [-0.25, -0.2) is 9.18 Å². The summed E-state index contributed by atoms with van der Waals surface area (Å²) in [5.74, 6) is 0.468. The lowest BCUT2D eigenvalue weighted by Gasteiger charge is -2.23. The molecule has 3 aliphatic rings. The highest BCUT2D eigenvalue weighted by Gasteiger charge is 2.34. The molecule has 4 heterocycles. The van der Waals surface area contributed by atoms with Gasteiger partial charge >= 0.3 is 6.09 Å². The number of likely N-dealkylation sites (N-methyl/N-ethyl adjacent to an activating group) is 1. The van der Waals surface area contributed by atoms with Crippen LogP contribution < -0.4 is 4.90 Å². The van der Waals surface area contributed by atoms with Crippen LogP contribution in [0.2, 0.25) is 0 Å². The maximum absolute atomic E-state index is 15.0. The lowest BCUT2D eigenvalue weighted by Crippen LogP contribution is -2.34. The summed E-state index contributed by atoms with van der Waals surface area (Å²) >= 11 is 0. The summed E-state index contributed by atoms with van der Waals surface area (Å²) in [6.07, 6.45) is 6.46. The van der Waals surface area contributed by atoms with E-state index in [9.17, 15) is 4.79 Å². The summed E-state index contributed by atoms with van der Waals surface area (Å²) in [5.41, 5.74) is 2.11. The number of carbonyl (C=O) groups excluding carboxylic acids is 1. The van der Waals surface area contributed by atoms with Gasteiger partial charge in [-0.3, -0.25) is 14.9 Å². The fourth-order valence-electron chi connectivity index (χ4n) is 3.95. The minimum atomic E-state index is -0.499. The van der Waals surface area contributed by atoms with Gasteiger partial charge in [-0.05, 0) is 24.3 Å². The number of hydrazone groups is 1. The summed E-state index contributed by atoms with van der Waals surface area (Å²) in [4.78, 5) is 25.4. The number of pyridine rings is 1. The number of nitrogens with zero attached hydrogens (tertiary/aromatic N) is 6. The van der Waals surface area contributed by atoms with Gasteiger partial charge < -0.3 is 14.5 Å². The Kier molecular flexibility index (Phi) is 5.87. The number of amides is 1. The van der Waals surface area contributed by atoms with Crippen molar-refractivity contribution in [3.63, 3.8) is 0 Å². The Balaban J connectivity index is 1.28. The predicted molar refractivity (Wildman–Crippen MR) is 126 cm³/mol. The van der Waals surface area contributed by atoms with Gasteiger partial charge in [0.05, 0.1) is 25.3 Å². The second-order valence-corrected chi connectivity index (χ2v) is 8.47. The Morgan fingerprint density at radius 3 is 2.82 bits per heavy atom. The lowest BCUT2D eigenvalue weighted by molar-refractivity contribution is 0.109. The monoisotopic (exact) mass is 464 g/mol. The maximum atomic E-state index is 15.0. The molecule has 1 saturated heterocycles. The fraction of sp³-hybridized carbons (Fsp3) is 0.333. The number of oxime groups is 1. The molecule has 1 aromatic heterocycles. The molecule has 3 aliphatic heterocycles. The quantitative estimate of drug-likeness (QED) is 0.676. The number of allylic oxidation sites excluding steroid dienone is 1. The Morgan fingerprint density at radius 1 is 1.24 bits per heavy atom. The van der Waals surface area contributed by atoms with Crippen molar-refractivity contribution in [3.8, 4) is 11.1 Å². The molecule has 2 aromatic rings. The lowest BCUT2D eigenvalue weighted by atomic mass is 10.1. The molecule has 1 unspecified atom stereocenters. The molecule has 9 nitrogen and oxygen atoms in total. The van der Waals surface area contributed by atoms with Crippen LogP contribution in [0.15, 0.2) is 59.1 Å². The number of amidine groups is 1. The molecule has 0 spiro atoms. The molecule has 1 amide bonds. The van der Waals surface area contributed by atoms with Gasteiger partial charge in [0.15, 0.2) is 5.84 Å². The first kappa shape index (κ1) is 21.9. The molecule has 5 rings (SSSR count). The van der Waals surface area contributed by atoms with E-state index in [2.05, 4.69) is 15.2 Å². The number of benzene rings is 1. The minimum absolute atomic E-state index is 0.281. The topological polar surface area (TPSA) is 82.9 Å². The normalized spacial score (nSPS) is 22.0. The zero-order valence-corrected chi connectivity index (χ0v) is 19.0. The van der Waals surface area contributed by atoms with E-state index in [0.29, 0.717) is 48.0 Å². The minimum Gasteiger partial charge on any atom is -0.442 e. The van der Waals surface area contributed by atoms with Crippen molar-refractivity contribution in [1.82, 2.24) is 14.9 Å². The SMILES string of the molecule is C[C@H]1C=CN(CC2CN(c3ccc(-c4ccc(C5=NOCCN5C)nc4)c(F)c3)C(=O)O2)N=C1. The van der Waals surface area contributed by atoms with E-state index in [4.69, 9.17) is 9.57 Å². The Hall–Kier alpha value is -3.95. The largest absolute Gasteiger partial charge is 0.442 e. The van der Waals surface area contributed by atoms with Crippen LogP contribution in [0.3, 0.4) is 0 Å². The van der Waals surface area contributed by atoms with Gasteiger partial charge in [-0.2, -0.15) is 5.10 Å². The van der Waals surface area contributed by atoms with Gasteiger partial charge in [-0.1, -0.05) is 24.2 Å². The molecule has 0 saturated carbocycles. The molecule has 1 aromatic carbocycles. The first-order valence-electron chi connectivity index (χ1n) is 11.1. The molecule has 2 atom stereocenters. The van der Waals surface area contributed by atoms with Crippen LogP contribution in [0.5, 0.6) is 0 Å². The summed E-state index contributed by atoms with van der Waals surface area (Å²) < 4.78 is 20.5. The number of anilines is 1.